The lowest BCUT2D eigenvalue weighted by atomic mass is 9.97. The smallest absolute Gasteiger partial charge is 0.227 e. The van der Waals surface area contributed by atoms with Crippen LogP contribution in [0.1, 0.15) is 46.0 Å². The molecule has 2 fully saturated rings. The van der Waals surface area contributed by atoms with Crippen LogP contribution in [0.2, 0.25) is 0 Å². The zero-order chi connectivity index (χ0) is 11.1. The van der Waals surface area contributed by atoms with Gasteiger partial charge in [-0.25, -0.2) is 0 Å². The van der Waals surface area contributed by atoms with Crippen molar-refractivity contribution < 1.29 is 4.79 Å². The average molecular weight is 210 g/mol. The highest BCUT2D eigenvalue weighted by molar-refractivity contribution is 5.81. The normalized spacial score (nSPS) is 34.7. The number of carbonyl (C=O) groups is 1. The van der Waals surface area contributed by atoms with Gasteiger partial charge in [-0.2, -0.15) is 0 Å². The molecule has 2 rings (SSSR count). The molecule has 0 aromatic rings. The van der Waals surface area contributed by atoms with Crippen molar-refractivity contribution in [2.45, 2.75) is 57.5 Å². The lowest BCUT2D eigenvalue weighted by Gasteiger charge is -2.34. The number of nitrogens with two attached hydrogens (primary N) is 1. The van der Waals surface area contributed by atoms with E-state index in [9.17, 15) is 4.79 Å². The standard InChI is InChI=1S/C12H22N2O/c1-12(2)7-4-8-14(12)11(15)9-5-3-6-10(9)13/h9-10H,3-8,13H2,1-2H3. The highest BCUT2D eigenvalue weighted by atomic mass is 16.2. The lowest BCUT2D eigenvalue weighted by Crippen LogP contribution is -2.48. The van der Waals surface area contributed by atoms with E-state index in [4.69, 9.17) is 5.73 Å². The van der Waals surface area contributed by atoms with Crippen LogP contribution in [0, 0.1) is 5.92 Å². The second kappa shape index (κ2) is 3.78. The Balaban J connectivity index is 2.07. The summed E-state index contributed by atoms with van der Waals surface area (Å²) in [4.78, 5) is 14.4. The van der Waals surface area contributed by atoms with Gasteiger partial charge in [0, 0.05) is 18.1 Å². The van der Waals surface area contributed by atoms with Crippen molar-refractivity contribution in [3.63, 3.8) is 0 Å². The Kier molecular flexibility index (Phi) is 2.75. The topological polar surface area (TPSA) is 46.3 Å². The minimum atomic E-state index is 0.0550. The minimum absolute atomic E-state index is 0.0550. The summed E-state index contributed by atoms with van der Waals surface area (Å²) in [6, 6.07) is 0.105. The predicted molar refractivity (Wildman–Crippen MR) is 60.3 cm³/mol. The van der Waals surface area contributed by atoms with E-state index in [1.54, 1.807) is 0 Å². The van der Waals surface area contributed by atoms with Crippen LogP contribution in [-0.2, 0) is 4.79 Å². The summed E-state index contributed by atoms with van der Waals surface area (Å²) in [6.45, 7) is 5.26. The SMILES string of the molecule is CC1(C)CCCN1C(=O)C1CCCC1N. The number of rotatable bonds is 1. The Hall–Kier alpha value is -0.570. The van der Waals surface area contributed by atoms with Crippen LogP contribution in [0.15, 0.2) is 0 Å². The average Bonchev–Trinajstić information content (AvgIpc) is 2.70. The van der Waals surface area contributed by atoms with E-state index in [-0.39, 0.29) is 17.5 Å². The summed E-state index contributed by atoms with van der Waals surface area (Å²) in [5.41, 5.74) is 6.04. The molecule has 2 aliphatic rings. The van der Waals surface area contributed by atoms with E-state index in [1.165, 1.54) is 0 Å². The molecule has 0 aromatic heterocycles. The van der Waals surface area contributed by atoms with Gasteiger partial charge in [0.05, 0.1) is 5.92 Å². The first kappa shape index (κ1) is 10.9. The Morgan fingerprint density at radius 3 is 2.53 bits per heavy atom. The number of carbonyl (C=O) groups excluding carboxylic acids is 1. The lowest BCUT2D eigenvalue weighted by molar-refractivity contribution is -0.138. The van der Waals surface area contributed by atoms with Crippen molar-refractivity contribution >= 4 is 5.91 Å². The molecule has 1 aliphatic heterocycles. The van der Waals surface area contributed by atoms with Crippen LogP contribution >= 0.6 is 0 Å². The maximum atomic E-state index is 12.3. The van der Waals surface area contributed by atoms with Crippen molar-refractivity contribution in [1.82, 2.24) is 4.90 Å². The van der Waals surface area contributed by atoms with Gasteiger partial charge in [0.25, 0.3) is 0 Å². The van der Waals surface area contributed by atoms with Gasteiger partial charge in [-0.3, -0.25) is 4.79 Å². The van der Waals surface area contributed by atoms with Gasteiger partial charge in [0.2, 0.25) is 5.91 Å². The van der Waals surface area contributed by atoms with Crippen LogP contribution in [0.3, 0.4) is 0 Å². The molecule has 3 heteroatoms. The molecule has 1 saturated heterocycles. The van der Waals surface area contributed by atoms with Crippen molar-refractivity contribution in [2.24, 2.45) is 11.7 Å². The molecule has 3 nitrogen and oxygen atoms in total. The summed E-state index contributed by atoms with van der Waals surface area (Å²) in [6.07, 6.45) is 5.39. The summed E-state index contributed by atoms with van der Waals surface area (Å²) in [7, 11) is 0. The largest absolute Gasteiger partial charge is 0.337 e. The predicted octanol–water partition coefficient (Wildman–Crippen LogP) is 1.51. The van der Waals surface area contributed by atoms with E-state index in [2.05, 4.69) is 18.7 Å². The van der Waals surface area contributed by atoms with Gasteiger partial charge in [0.15, 0.2) is 0 Å². The van der Waals surface area contributed by atoms with Crippen molar-refractivity contribution in [3.8, 4) is 0 Å². The number of likely N-dealkylation sites (tertiary alicyclic amines) is 1. The molecule has 0 bridgehead atoms. The molecule has 2 N–H and O–H groups in total. The number of nitrogens with zero attached hydrogens (tertiary/aromatic N) is 1. The van der Waals surface area contributed by atoms with Crippen molar-refractivity contribution in [3.05, 3.63) is 0 Å². The van der Waals surface area contributed by atoms with Crippen LogP contribution in [-0.4, -0.2) is 28.9 Å². The van der Waals surface area contributed by atoms with Gasteiger partial charge in [-0.15, -0.1) is 0 Å². The molecule has 15 heavy (non-hydrogen) atoms. The maximum absolute atomic E-state index is 12.3. The highest BCUT2D eigenvalue weighted by Crippen LogP contribution is 2.33. The third-order valence-electron chi connectivity index (χ3n) is 4.05. The van der Waals surface area contributed by atoms with Crippen molar-refractivity contribution in [1.29, 1.82) is 0 Å². The molecular formula is C12H22N2O. The fraction of sp³-hybridized carbons (Fsp3) is 0.917. The minimum Gasteiger partial charge on any atom is -0.337 e. The van der Waals surface area contributed by atoms with Gasteiger partial charge < -0.3 is 10.6 Å². The van der Waals surface area contributed by atoms with E-state index in [0.717, 1.165) is 38.6 Å². The fourth-order valence-electron chi connectivity index (χ4n) is 3.01. The monoisotopic (exact) mass is 210 g/mol. The molecule has 1 heterocycles. The third-order valence-corrected chi connectivity index (χ3v) is 4.05. The molecule has 0 radical (unpaired) electrons. The van der Waals surface area contributed by atoms with E-state index < -0.39 is 0 Å². The molecule has 0 spiro atoms. The summed E-state index contributed by atoms with van der Waals surface area (Å²) < 4.78 is 0. The van der Waals surface area contributed by atoms with Crippen LogP contribution in [0.5, 0.6) is 0 Å². The Labute approximate surface area is 92.0 Å². The molecule has 2 unspecified atom stereocenters. The maximum Gasteiger partial charge on any atom is 0.227 e. The van der Waals surface area contributed by atoms with Gasteiger partial charge >= 0.3 is 0 Å². The molecule has 0 aromatic carbocycles. The molecule has 2 atom stereocenters. The fourth-order valence-corrected chi connectivity index (χ4v) is 3.01. The quantitative estimate of drug-likeness (QED) is 0.713. The van der Waals surface area contributed by atoms with Crippen molar-refractivity contribution in [2.75, 3.05) is 6.54 Å². The van der Waals surface area contributed by atoms with Gasteiger partial charge in [0.1, 0.15) is 0 Å². The number of amides is 1. The Morgan fingerprint density at radius 2 is 2.07 bits per heavy atom. The first-order valence-corrected chi connectivity index (χ1v) is 6.09. The molecule has 1 aliphatic carbocycles. The summed E-state index contributed by atoms with van der Waals surface area (Å²) in [5, 5.41) is 0. The number of hydrogen-bond acceptors (Lipinski definition) is 2. The Morgan fingerprint density at radius 1 is 1.33 bits per heavy atom. The highest BCUT2D eigenvalue weighted by Gasteiger charge is 2.41. The zero-order valence-corrected chi connectivity index (χ0v) is 9.83. The van der Waals surface area contributed by atoms with Gasteiger partial charge in [-0.1, -0.05) is 6.42 Å². The molecule has 1 amide bonds. The molecule has 86 valence electrons. The molecular weight excluding hydrogens is 188 g/mol. The number of hydrogen-bond donors (Lipinski definition) is 1. The zero-order valence-electron chi connectivity index (χ0n) is 9.83. The van der Waals surface area contributed by atoms with E-state index in [0.29, 0.717) is 5.91 Å². The molecule has 1 saturated carbocycles. The second-order valence-electron chi connectivity index (χ2n) is 5.61. The van der Waals surface area contributed by atoms with Crippen LogP contribution in [0.25, 0.3) is 0 Å². The second-order valence-corrected chi connectivity index (χ2v) is 5.61. The first-order chi connectivity index (χ1) is 7.02. The third kappa shape index (κ3) is 1.89. The van der Waals surface area contributed by atoms with E-state index in [1.807, 2.05) is 0 Å². The van der Waals surface area contributed by atoms with E-state index >= 15 is 0 Å². The van der Waals surface area contributed by atoms with Crippen LogP contribution < -0.4 is 5.73 Å². The summed E-state index contributed by atoms with van der Waals surface area (Å²) in [5.74, 6) is 0.407. The van der Waals surface area contributed by atoms with Crippen LogP contribution in [0.4, 0.5) is 0 Å². The first-order valence-electron chi connectivity index (χ1n) is 6.09. The Bertz CT molecular complexity index is 262. The van der Waals surface area contributed by atoms with Gasteiger partial charge in [-0.05, 0) is 39.5 Å². The summed E-state index contributed by atoms with van der Waals surface area (Å²) >= 11 is 0.